The van der Waals surface area contributed by atoms with Crippen LogP contribution in [0.1, 0.15) is 11.6 Å². The number of benzene rings is 1. The number of pyridine rings is 1. The van der Waals surface area contributed by atoms with Crippen LogP contribution in [0.4, 0.5) is 11.4 Å². The number of nitro groups is 1. The van der Waals surface area contributed by atoms with Crippen LogP contribution < -0.4 is 10.6 Å². The first-order valence-electron chi connectivity index (χ1n) is 8.03. The highest BCUT2D eigenvalue weighted by Gasteiger charge is 2.26. The van der Waals surface area contributed by atoms with Crippen molar-refractivity contribution in [1.29, 1.82) is 0 Å². The number of piperazine rings is 1. The Morgan fingerprint density at radius 3 is 2.88 bits per heavy atom. The Balaban J connectivity index is 0.00000243. The lowest BCUT2D eigenvalue weighted by Crippen LogP contribution is -2.48. The summed E-state index contributed by atoms with van der Waals surface area (Å²) in [4.78, 5) is 29.2. The SMILES string of the molecule is Cl.O=C(CN1CCNCC1c1cccnc1)Nc1ccccc1[N+](=O)[O-]. The minimum absolute atomic E-state index is 0. The maximum absolute atomic E-state index is 12.4. The summed E-state index contributed by atoms with van der Waals surface area (Å²) in [5.41, 5.74) is 1.14. The summed E-state index contributed by atoms with van der Waals surface area (Å²) in [6.45, 7) is 2.39. The number of anilines is 1. The number of amides is 1. The van der Waals surface area contributed by atoms with Gasteiger partial charge in [0, 0.05) is 44.1 Å². The van der Waals surface area contributed by atoms with E-state index in [0.717, 1.165) is 18.7 Å². The number of para-hydroxylation sites is 2. The number of rotatable bonds is 5. The highest BCUT2D eigenvalue weighted by molar-refractivity contribution is 5.94. The molecule has 26 heavy (non-hydrogen) atoms. The van der Waals surface area contributed by atoms with Gasteiger partial charge in [-0.15, -0.1) is 12.4 Å². The fourth-order valence-electron chi connectivity index (χ4n) is 2.95. The van der Waals surface area contributed by atoms with E-state index < -0.39 is 4.92 Å². The molecule has 1 aromatic carbocycles. The van der Waals surface area contributed by atoms with Crippen LogP contribution in [0.25, 0.3) is 0 Å². The summed E-state index contributed by atoms with van der Waals surface area (Å²) in [5, 5.41) is 17.0. The molecule has 9 heteroatoms. The predicted molar refractivity (Wildman–Crippen MR) is 100 cm³/mol. The molecule has 2 N–H and O–H groups in total. The van der Waals surface area contributed by atoms with Gasteiger partial charge in [0.25, 0.3) is 5.69 Å². The normalized spacial score (nSPS) is 17.2. The highest BCUT2D eigenvalue weighted by Crippen LogP contribution is 2.24. The zero-order chi connectivity index (χ0) is 17.6. The lowest BCUT2D eigenvalue weighted by Gasteiger charge is -2.35. The molecule has 3 rings (SSSR count). The van der Waals surface area contributed by atoms with E-state index in [4.69, 9.17) is 0 Å². The Kier molecular flexibility index (Phi) is 7.02. The number of carbonyl (C=O) groups excluding carboxylic acids is 1. The topological polar surface area (TPSA) is 100 Å². The van der Waals surface area contributed by atoms with Gasteiger partial charge in [0.15, 0.2) is 0 Å². The molecule has 138 valence electrons. The molecular weight excluding hydrogens is 358 g/mol. The van der Waals surface area contributed by atoms with Crippen molar-refractivity contribution in [2.45, 2.75) is 6.04 Å². The van der Waals surface area contributed by atoms with Crippen LogP contribution in [0.5, 0.6) is 0 Å². The standard InChI is InChI=1S/C17H19N5O3.ClH/c23-17(20-14-5-1-2-6-15(14)22(24)25)12-21-9-8-19-11-16(21)13-4-3-7-18-10-13;/h1-7,10,16,19H,8-9,11-12H2,(H,20,23);1H. The molecule has 1 aliphatic rings. The van der Waals surface area contributed by atoms with Crippen LogP contribution in [-0.2, 0) is 4.79 Å². The third-order valence-corrected chi connectivity index (χ3v) is 4.14. The molecule has 1 amide bonds. The highest BCUT2D eigenvalue weighted by atomic mass is 35.5. The van der Waals surface area contributed by atoms with Crippen molar-refractivity contribution in [3.05, 3.63) is 64.5 Å². The Morgan fingerprint density at radius 2 is 2.15 bits per heavy atom. The summed E-state index contributed by atoms with van der Waals surface area (Å²) in [6, 6.07) is 10.0. The Morgan fingerprint density at radius 1 is 1.35 bits per heavy atom. The first-order valence-corrected chi connectivity index (χ1v) is 8.03. The maximum atomic E-state index is 12.4. The van der Waals surface area contributed by atoms with Crippen molar-refractivity contribution in [3.63, 3.8) is 0 Å². The molecule has 0 bridgehead atoms. The third kappa shape index (κ3) is 4.75. The van der Waals surface area contributed by atoms with Crippen LogP contribution >= 0.6 is 12.4 Å². The maximum Gasteiger partial charge on any atom is 0.292 e. The van der Waals surface area contributed by atoms with Crippen LogP contribution in [-0.4, -0.2) is 46.9 Å². The fraction of sp³-hybridized carbons (Fsp3) is 0.294. The molecular formula is C17H20ClN5O3. The Labute approximate surface area is 157 Å². The molecule has 8 nitrogen and oxygen atoms in total. The molecule has 0 radical (unpaired) electrons. The lowest BCUT2D eigenvalue weighted by atomic mass is 10.1. The molecule has 1 fully saturated rings. The average Bonchev–Trinajstić information content (AvgIpc) is 2.63. The summed E-state index contributed by atoms with van der Waals surface area (Å²) in [5.74, 6) is -0.273. The monoisotopic (exact) mass is 377 g/mol. The summed E-state index contributed by atoms with van der Waals surface area (Å²) in [6.07, 6.45) is 3.51. The van der Waals surface area contributed by atoms with E-state index in [-0.39, 0.29) is 42.3 Å². The number of carbonyl (C=O) groups is 1. The first kappa shape index (κ1) is 19.8. The number of aromatic nitrogens is 1. The van der Waals surface area contributed by atoms with Gasteiger partial charge in [-0.1, -0.05) is 18.2 Å². The average molecular weight is 378 g/mol. The zero-order valence-corrected chi connectivity index (χ0v) is 14.8. The number of hydrogen-bond acceptors (Lipinski definition) is 6. The van der Waals surface area contributed by atoms with Gasteiger partial charge in [0.1, 0.15) is 5.69 Å². The van der Waals surface area contributed by atoms with E-state index in [1.807, 2.05) is 12.1 Å². The quantitative estimate of drug-likeness (QED) is 0.610. The van der Waals surface area contributed by atoms with E-state index in [1.165, 1.54) is 12.1 Å². The van der Waals surface area contributed by atoms with Gasteiger partial charge >= 0.3 is 0 Å². The van der Waals surface area contributed by atoms with Crippen molar-refractivity contribution >= 4 is 29.7 Å². The second-order valence-corrected chi connectivity index (χ2v) is 5.80. The smallest absolute Gasteiger partial charge is 0.292 e. The molecule has 1 aromatic heterocycles. The molecule has 2 aromatic rings. The number of hydrogen-bond donors (Lipinski definition) is 2. The van der Waals surface area contributed by atoms with Gasteiger partial charge in [-0.05, 0) is 17.7 Å². The van der Waals surface area contributed by atoms with Gasteiger partial charge < -0.3 is 10.6 Å². The van der Waals surface area contributed by atoms with Gasteiger partial charge in [-0.2, -0.15) is 0 Å². The molecule has 1 saturated heterocycles. The van der Waals surface area contributed by atoms with Crippen LogP contribution in [0.2, 0.25) is 0 Å². The molecule has 0 aliphatic carbocycles. The third-order valence-electron chi connectivity index (χ3n) is 4.14. The van der Waals surface area contributed by atoms with Gasteiger partial charge in [0.05, 0.1) is 11.5 Å². The van der Waals surface area contributed by atoms with E-state index in [9.17, 15) is 14.9 Å². The van der Waals surface area contributed by atoms with Gasteiger partial charge in [-0.3, -0.25) is 24.8 Å². The van der Waals surface area contributed by atoms with Crippen LogP contribution in [0, 0.1) is 10.1 Å². The van der Waals surface area contributed by atoms with E-state index >= 15 is 0 Å². The van der Waals surface area contributed by atoms with Crippen molar-refractivity contribution in [2.24, 2.45) is 0 Å². The number of nitro benzene ring substituents is 1. The summed E-state index contributed by atoms with van der Waals surface area (Å²) >= 11 is 0. The Bertz CT molecular complexity index is 759. The molecule has 0 spiro atoms. The molecule has 1 aliphatic heterocycles. The fourth-order valence-corrected chi connectivity index (χ4v) is 2.95. The minimum atomic E-state index is -0.501. The zero-order valence-electron chi connectivity index (χ0n) is 14.0. The molecule has 2 heterocycles. The second-order valence-electron chi connectivity index (χ2n) is 5.80. The van der Waals surface area contributed by atoms with Crippen molar-refractivity contribution in [3.8, 4) is 0 Å². The summed E-state index contributed by atoms with van der Waals surface area (Å²) in [7, 11) is 0. The van der Waals surface area contributed by atoms with E-state index in [0.29, 0.717) is 6.54 Å². The Hall–Kier alpha value is -2.55. The predicted octanol–water partition coefficient (Wildman–Crippen LogP) is 2.00. The van der Waals surface area contributed by atoms with Gasteiger partial charge in [0.2, 0.25) is 5.91 Å². The van der Waals surface area contributed by atoms with Crippen molar-refractivity contribution in [2.75, 3.05) is 31.5 Å². The molecule has 0 saturated carbocycles. The largest absolute Gasteiger partial charge is 0.319 e. The van der Waals surface area contributed by atoms with E-state index in [2.05, 4.69) is 20.5 Å². The molecule has 1 unspecified atom stereocenters. The summed E-state index contributed by atoms with van der Waals surface area (Å²) < 4.78 is 0. The molecule has 1 atom stereocenters. The number of nitrogens with zero attached hydrogens (tertiary/aromatic N) is 3. The first-order chi connectivity index (χ1) is 12.1. The number of nitrogens with one attached hydrogen (secondary N) is 2. The lowest BCUT2D eigenvalue weighted by molar-refractivity contribution is -0.383. The van der Waals surface area contributed by atoms with Crippen molar-refractivity contribution < 1.29 is 9.72 Å². The minimum Gasteiger partial charge on any atom is -0.319 e. The van der Waals surface area contributed by atoms with Crippen LogP contribution in [0.15, 0.2) is 48.8 Å². The second kappa shape index (κ2) is 9.23. The van der Waals surface area contributed by atoms with Gasteiger partial charge in [-0.25, -0.2) is 0 Å². The number of halogens is 1. The van der Waals surface area contributed by atoms with Crippen LogP contribution in [0.3, 0.4) is 0 Å². The van der Waals surface area contributed by atoms with Crippen molar-refractivity contribution in [1.82, 2.24) is 15.2 Å². The van der Waals surface area contributed by atoms with E-state index in [1.54, 1.807) is 24.5 Å².